The molecule has 1 aromatic rings. The van der Waals surface area contributed by atoms with Gasteiger partial charge in [0.05, 0.1) is 10.4 Å². The lowest BCUT2D eigenvalue weighted by Gasteiger charge is -2.43. The van der Waals surface area contributed by atoms with E-state index in [2.05, 4.69) is 20.1 Å². The number of hydrogen-bond donors (Lipinski definition) is 1. The topological polar surface area (TPSA) is 68.8 Å². The van der Waals surface area contributed by atoms with E-state index in [1.54, 1.807) is 18.3 Å². The molecule has 3 amide bonds. The molecular weight excluding hydrogens is 466 g/mol. The second-order valence-electron chi connectivity index (χ2n) is 9.96. The molecule has 0 atom stereocenters. The highest BCUT2D eigenvalue weighted by molar-refractivity contribution is 8.01. The molecule has 190 valence electrons. The Balaban J connectivity index is 1.31. The predicted molar refractivity (Wildman–Crippen MR) is 141 cm³/mol. The van der Waals surface area contributed by atoms with Crippen molar-refractivity contribution in [3.05, 3.63) is 6.20 Å². The fourth-order valence-corrected chi connectivity index (χ4v) is 7.56. The molecule has 1 saturated carbocycles. The molecule has 0 bridgehead atoms. The minimum atomic E-state index is -0.0105. The summed E-state index contributed by atoms with van der Waals surface area (Å²) in [5.41, 5.74) is 0. The van der Waals surface area contributed by atoms with Crippen LogP contribution in [0.25, 0.3) is 0 Å². The van der Waals surface area contributed by atoms with Crippen LogP contribution in [0.1, 0.15) is 77.6 Å². The monoisotopic (exact) mass is 507 g/mol. The van der Waals surface area contributed by atoms with E-state index in [1.807, 2.05) is 22.9 Å². The first-order valence-corrected chi connectivity index (χ1v) is 15.1. The summed E-state index contributed by atoms with van der Waals surface area (Å²) in [5.74, 6) is 1.20. The Morgan fingerprint density at radius 3 is 2.32 bits per heavy atom. The van der Waals surface area contributed by atoms with Crippen molar-refractivity contribution in [3.8, 4) is 0 Å². The van der Waals surface area contributed by atoms with Crippen molar-refractivity contribution in [1.82, 2.24) is 19.7 Å². The van der Waals surface area contributed by atoms with Crippen molar-refractivity contribution in [1.29, 1.82) is 0 Å². The summed E-state index contributed by atoms with van der Waals surface area (Å²) in [6, 6.07) is 0.481. The van der Waals surface area contributed by atoms with Gasteiger partial charge in [-0.25, -0.2) is 9.78 Å². The fraction of sp³-hybridized carbons (Fsp3) is 0.800. The van der Waals surface area contributed by atoms with E-state index in [0.29, 0.717) is 11.2 Å². The normalized spacial score (nSPS) is 21.3. The number of thiazole rings is 1. The summed E-state index contributed by atoms with van der Waals surface area (Å²) >= 11 is 3.44. The first-order chi connectivity index (χ1) is 16.6. The van der Waals surface area contributed by atoms with Gasteiger partial charge in [0, 0.05) is 44.4 Å². The highest BCUT2D eigenvalue weighted by Crippen LogP contribution is 2.31. The van der Waals surface area contributed by atoms with Crippen LogP contribution in [-0.2, 0) is 4.79 Å². The maximum Gasteiger partial charge on any atom is 0.324 e. The number of carbonyl (C=O) groups excluding carboxylic acids is 2. The van der Waals surface area contributed by atoms with E-state index in [-0.39, 0.29) is 18.0 Å². The molecule has 3 fully saturated rings. The van der Waals surface area contributed by atoms with Gasteiger partial charge in [-0.15, -0.1) is 11.8 Å². The number of nitrogens with zero attached hydrogens (tertiary/aromatic N) is 4. The average Bonchev–Trinajstić information content (AvgIpc) is 3.12. The largest absolute Gasteiger partial charge is 0.343 e. The molecule has 34 heavy (non-hydrogen) atoms. The fourth-order valence-electron chi connectivity index (χ4n) is 5.62. The number of nitrogens with one attached hydrogen (secondary N) is 1. The van der Waals surface area contributed by atoms with Gasteiger partial charge >= 0.3 is 6.03 Å². The maximum absolute atomic E-state index is 13.5. The van der Waals surface area contributed by atoms with Gasteiger partial charge in [0.2, 0.25) is 5.91 Å². The van der Waals surface area contributed by atoms with Crippen LogP contribution >= 0.6 is 23.1 Å². The predicted octanol–water partition coefficient (Wildman–Crippen LogP) is 5.29. The molecule has 4 rings (SSSR count). The van der Waals surface area contributed by atoms with Crippen LogP contribution in [0.15, 0.2) is 10.4 Å². The molecule has 1 N–H and O–H groups in total. The zero-order chi connectivity index (χ0) is 23.8. The number of carbonyl (C=O) groups is 2. The summed E-state index contributed by atoms with van der Waals surface area (Å²) in [7, 11) is 0. The number of anilines is 1. The van der Waals surface area contributed by atoms with Gasteiger partial charge < -0.3 is 14.7 Å². The third-order valence-corrected chi connectivity index (χ3v) is 9.64. The molecule has 0 unspecified atom stereocenters. The van der Waals surface area contributed by atoms with Crippen LogP contribution in [0.5, 0.6) is 0 Å². The molecule has 3 aliphatic rings. The first-order valence-electron chi connectivity index (χ1n) is 13.3. The van der Waals surface area contributed by atoms with Crippen LogP contribution in [0, 0.1) is 0 Å². The smallest absolute Gasteiger partial charge is 0.324 e. The van der Waals surface area contributed by atoms with Crippen molar-refractivity contribution in [3.63, 3.8) is 0 Å². The Hall–Kier alpha value is -1.32. The lowest BCUT2D eigenvalue weighted by molar-refractivity contribution is -0.130. The number of thioether (sulfide) groups is 1. The Bertz CT molecular complexity index is 782. The lowest BCUT2D eigenvalue weighted by Crippen LogP contribution is -2.54. The summed E-state index contributed by atoms with van der Waals surface area (Å²) in [6.45, 7) is 6.70. The second kappa shape index (κ2) is 13.1. The summed E-state index contributed by atoms with van der Waals surface area (Å²) in [6.07, 6.45) is 14.8. The number of aromatic nitrogens is 1. The quantitative estimate of drug-likeness (QED) is 0.508. The molecule has 2 saturated heterocycles. The van der Waals surface area contributed by atoms with Crippen LogP contribution in [0.2, 0.25) is 0 Å². The van der Waals surface area contributed by atoms with Crippen molar-refractivity contribution >= 4 is 40.2 Å². The van der Waals surface area contributed by atoms with Gasteiger partial charge in [-0.05, 0) is 51.6 Å². The zero-order valence-electron chi connectivity index (χ0n) is 20.7. The maximum atomic E-state index is 13.5. The molecule has 9 heteroatoms. The lowest BCUT2D eigenvalue weighted by atomic mass is 9.91. The van der Waals surface area contributed by atoms with Crippen molar-refractivity contribution < 1.29 is 9.59 Å². The molecule has 1 aromatic heterocycles. The average molecular weight is 508 g/mol. The molecule has 2 aliphatic heterocycles. The van der Waals surface area contributed by atoms with E-state index in [1.165, 1.54) is 62.2 Å². The van der Waals surface area contributed by atoms with Gasteiger partial charge in [0.1, 0.15) is 0 Å². The highest BCUT2D eigenvalue weighted by Gasteiger charge is 2.34. The van der Waals surface area contributed by atoms with Gasteiger partial charge in [-0.3, -0.25) is 10.1 Å². The van der Waals surface area contributed by atoms with E-state index in [0.717, 1.165) is 51.1 Å². The summed E-state index contributed by atoms with van der Waals surface area (Å²) in [4.78, 5) is 36.4. The Labute approximate surface area is 213 Å². The number of amides is 3. The molecule has 0 radical (unpaired) electrons. The van der Waals surface area contributed by atoms with E-state index >= 15 is 0 Å². The van der Waals surface area contributed by atoms with Gasteiger partial charge in [0.15, 0.2) is 5.13 Å². The van der Waals surface area contributed by atoms with Crippen LogP contribution in [0.4, 0.5) is 9.93 Å². The van der Waals surface area contributed by atoms with Gasteiger partial charge in [-0.1, -0.05) is 43.4 Å². The van der Waals surface area contributed by atoms with Gasteiger partial charge in [-0.2, -0.15) is 0 Å². The molecular formula is C25H41N5O2S2. The first kappa shape index (κ1) is 25.8. The second-order valence-corrected chi connectivity index (χ2v) is 12.4. The molecule has 0 spiro atoms. The third kappa shape index (κ3) is 7.34. The number of rotatable bonds is 7. The van der Waals surface area contributed by atoms with Crippen molar-refractivity contribution in [2.45, 2.75) is 93.8 Å². The van der Waals surface area contributed by atoms with Crippen molar-refractivity contribution in [2.24, 2.45) is 0 Å². The Morgan fingerprint density at radius 2 is 1.65 bits per heavy atom. The summed E-state index contributed by atoms with van der Waals surface area (Å²) in [5, 5.41) is 3.83. The number of likely N-dealkylation sites (tertiary alicyclic amines) is 2. The molecule has 3 heterocycles. The van der Waals surface area contributed by atoms with E-state index in [9.17, 15) is 9.59 Å². The Kier molecular flexibility index (Phi) is 9.94. The van der Waals surface area contributed by atoms with Crippen LogP contribution in [-0.4, -0.2) is 82.2 Å². The Morgan fingerprint density at radius 1 is 1.00 bits per heavy atom. The van der Waals surface area contributed by atoms with E-state index < -0.39 is 0 Å². The zero-order valence-corrected chi connectivity index (χ0v) is 22.3. The highest BCUT2D eigenvalue weighted by atomic mass is 32.2. The van der Waals surface area contributed by atoms with E-state index in [4.69, 9.17) is 0 Å². The van der Waals surface area contributed by atoms with Gasteiger partial charge in [0.25, 0.3) is 0 Å². The molecule has 7 nitrogen and oxygen atoms in total. The molecule has 0 aromatic carbocycles. The standard InChI is InChI=1S/C25H41N5O2S2/c1-20(31)29-15-11-22(12-16-29)30(21-9-5-4-6-10-21)25(32)27-24-26-19-23(34-24)33-18-17-28-13-7-2-3-8-14-28/h19,21-22H,2-18H2,1H3,(H,26,27,32). The van der Waals surface area contributed by atoms with Crippen molar-refractivity contribution in [2.75, 3.05) is 43.8 Å². The number of urea groups is 1. The third-order valence-electron chi connectivity index (χ3n) is 7.55. The summed E-state index contributed by atoms with van der Waals surface area (Å²) < 4.78 is 1.17. The SMILES string of the molecule is CC(=O)N1CCC(N(C(=O)Nc2ncc(SCCN3CCCCCC3)s2)C2CCCCC2)CC1. The minimum absolute atomic E-state index is 0.0105. The number of piperidine rings is 1. The van der Waals surface area contributed by atoms with Crippen LogP contribution < -0.4 is 5.32 Å². The molecule has 1 aliphatic carbocycles. The number of hydrogen-bond acceptors (Lipinski definition) is 6. The minimum Gasteiger partial charge on any atom is -0.343 e. The van der Waals surface area contributed by atoms with Crippen LogP contribution in [0.3, 0.4) is 0 Å².